The average molecular weight is 581 g/mol. The Labute approximate surface area is 248 Å². The Morgan fingerprint density at radius 3 is 2.48 bits per heavy atom. The van der Waals surface area contributed by atoms with Gasteiger partial charge in [0.2, 0.25) is 0 Å². The van der Waals surface area contributed by atoms with Crippen molar-refractivity contribution in [2.75, 3.05) is 39.3 Å². The fourth-order valence-electron chi connectivity index (χ4n) is 5.10. The van der Waals surface area contributed by atoms with Crippen molar-refractivity contribution in [3.05, 3.63) is 94.2 Å². The lowest BCUT2D eigenvalue weighted by Crippen LogP contribution is -2.64. The molecule has 2 aromatic carbocycles. The number of rotatable bonds is 6. The van der Waals surface area contributed by atoms with Crippen molar-refractivity contribution in [3.8, 4) is 6.07 Å². The summed E-state index contributed by atoms with van der Waals surface area (Å²) in [4.78, 5) is 39.3. The van der Waals surface area contributed by atoms with Gasteiger partial charge in [0, 0.05) is 74.0 Å². The normalized spacial score (nSPS) is 15.6. The van der Waals surface area contributed by atoms with Gasteiger partial charge >= 0.3 is 0 Å². The molecule has 0 unspecified atom stereocenters. The van der Waals surface area contributed by atoms with E-state index in [0.717, 1.165) is 29.6 Å². The Kier molecular flexibility index (Phi) is 9.16. The minimum absolute atomic E-state index is 0.00989. The second-order valence-corrected chi connectivity index (χ2v) is 11.0. The van der Waals surface area contributed by atoms with Crippen molar-refractivity contribution >= 4 is 40.8 Å². The van der Waals surface area contributed by atoms with Crippen LogP contribution in [0.1, 0.15) is 38.2 Å². The third-order valence-corrected chi connectivity index (χ3v) is 8.20. The maximum atomic E-state index is 13.1. The van der Waals surface area contributed by atoms with Gasteiger partial charge in [-0.05, 0) is 49.5 Å². The molecule has 4 aromatic rings. The monoisotopic (exact) mass is 580 g/mol. The van der Waals surface area contributed by atoms with E-state index in [4.69, 9.17) is 5.26 Å². The smallest absolute Gasteiger partial charge is 0.282 e. The van der Waals surface area contributed by atoms with Crippen molar-refractivity contribution < 1.29 is 9.59 Å². The standard InChI is InChI=1S/C27H25N7O2S.C4H7N/c28-14-19-1-3-20(4-2-19)16-34-24-6-5-21(13-22(24)15-30-34)26(35)33-17-23(18-33)31-8-10-32(11-9-31)27(36)25-29-7-12-37-25;1-3-4-5-2/h1-7,12-13,15,23H,8-11,16-18H2;3-4H,2H2,1H3/b;4-3-. The quantitative estimate of drug-likeness (QED) is 0.320. The van der Waals surface area contributed by atoms with Gasteiger partial charge < -0.3 is 9.80 Å². The minimum atomic E-state index is 0.00989. The van der Waals surface area contributed by atoms with Crippen molar-refractivity contribution in [1.29, 1.82) is 5.26 Å². The van der Waals surface area contributed by atoms with Crippen LogP contribution in [-0.4, -0.2) is 93.3 Å². The third-order valence-electron chi connectivity index (χ3n) is 7.44. The zero-order valence-corrected chi connectivity index (χ0v) is 24.3. The number of benzene rings is 2. The van der Waals surface area contributed by atoms with Gasteiger partial charge in [-0.1, -0.05) is 18.2 Å². The summed E-state index contributed by atoms with van der Waals surface area (Å²) in [6.45, 7) is 10.1. The molecule has 0 bridgehead atoms. The summed E-state index contributed by atoms with van der Waals surface area (Å²) in [7, 11) is 0. The van der Waals surface area contributed by atoms with Crippen molar-refractivity contribution in [1.82, 2.24) is 29.5 Å². The second-order valence-electron chi connectivity index (χ2n) is 10.1. The van der Waals surface area contributed by atoms with Crippen LogP contribution >= 0.6 is 11.3 Å². The lowest BCUT2D eigenvalue weighted by Gasteiger charge is -2.48. The molecule has 6 rings (SSSR count). The van der Waals surface area contributed by atoms with Crippen LogP contribution in [0.15, 0.2) is 77.5 Å². The average Bonchev–Trinajstić information content (AvgIpc) is 3.68. The van der Waals surface area contributed by atoms with Crippen LogP contribution in [0.2, 0.25) is 0 Å². The van der Waals surface area contributed by atoms with E-state index in [1.165, 1.54) is 11.3 Å². The number of aromatic nitrogens is 3. The first-order chi connectivity index (χ1) is 20.5. The molecule has 2 saturated heterocycles. The SMILES string of the molecule is C=N/C=C\C.N#Cc1ccc(Cn2ncc3cc(C(=O)N4CC(N5CCN(C(=O)c6nccs6)CC5)C4)ccc32)cc1. The number of hydrogen-bond acceptors (Lipinski definition) is 8. The molecule has 2 aliphatic heterocycles. The Hall–Kier alpha value is -4.66. The Morgan fingerprint density at radius 2 is 1.86 bits per heavy atom. The number of hydrogen-bond donors (Lipinski definition) is 0. The van der Waals surface area contributed by atoms with Gasteiger partial charge in [0.25, 0.3) is 11.8 Å². The highest BCUT2D eigenvalue weighted by atomic mass is 32.1. The number of carbonyl (C=O) groups excluding carboxylic acids is 2. The molecule has 0 saturated carbocycles. The number of allylic oxidation sites excluding steroid dienone is 1. The molecule has 0 radical (unpaired) electrons. The molecule has 0 spiro atoms. The fourth-order valence-corrected chi connectivity index (χ4v) is 5.70. The van der Waals surface area contributed by atoms with Gasteiger partial charge in [0.15, 0.2) is 5.01 Å². The van der Waals surface area contributed by atoms with E-state index in [2.05, 4.69) is 32.8 Å². The van der Waals surface area contributed by atoms with Gasteiger partial charge in [-0.3, -0.25) is 24.2 Å². The lowest BCUT2D eigenvalue weighted by atomic mass is 10.0. The van der Waals surface area contributed by atoms with E-state index < -0.39 is 0 Å². The van der Waals surface area contributed by atoms with Crippen LogP contribution in [-0.2, 0) is 6.54 Å². The first kappa shape index (κ1) is 28.9. The molecule has 42 heavy (non-hydrogen) atoms. The summed E-state index contributed by atoms with van der Waals surface area (Å²) < 4.78 is 1.91. The number of carbonyl (C=O) groups is 2. The lowest BCUT2D eigenvalue weighted by molar-refractivity contribution is 0.00854. The van der Waals surface area contributed by atoms with Crippen molar-refractivity contribution in [2.45, 2.75) is 19.5 Å². The molecule has 0 aliphatic carbocycles. The van der Waals surface area contributed by atoms with Crippen LogP contribution in [0.5, 0.6) is 0 Å². The summed E-state index contributed by atoms with van der Waals surface area (Å²) in [5.41, 5.74) is 3.33. The van der Waals surface area contributed by atoms with Crippen LogP contribution in [0.3, 0.4) is 0 Å². The zero-order chi connectivity index (χ0) is 29.5. The molecular formula is C31H32N8O2S. The predicted octanol–water partition coefficient (Wildman–Crippen LogP) is 3.92. The van der Waals surface area contributed by atoms with Crippen molar-refractivity contribution in [3.63, 3.8) is 0 Å². The van der Waals surface area contributed by atoms with Gasteiger partial charge in [0.05, 0.1) is 29.9 Å². The molecule has 10 nitrogen and oxygen atoms in total. The molecule has 2 aliphatic rings. The molecular weight excluding hydrogens is 548 g/mol. The number of thiazole rings is 1. The van der Waals surface area contributed by atoms with Gasteiger partial charge in [-0.15, -0.1) is 11.3 Å². The third kappa shape index (κ3) is 6.46. The number of likely N-dealkylation sites (tertiary alicyclic amines) is 1. The van der Waals surface area contributed by atoms with Crippen molar-refractivity contribution in [2.24, 2.45) is 4.99 Å². The Balaban J connectivity index is 0.000000652. The fraction of sp³-hybridized carbons (Fsp3) is 0.290. The second kappa shape index (κ2) is 13.3. The van der Waals surface area contributed by atoms with Crippen LogP contribution in [0.25, 0.3) is 10.9 Å². The maximum Gasteiger partial charge on any atom is 0.282 e. The summed E-state index contributed by atoms with van der Waals surface area (Å²) >= 11 is 1.38. The van der Waals surface area contributed by atoms with E-state index in [0.29, 0.717) is 54.9 Å². The molecule has 0 atom stereocenters. The molecule has 2 amide bonds. The van der Waals surface area contributed by atoms with Gasteiger partial charge in [-0.25, -0.2) is 4.98 Å². The Bertz CT molecular complexity index is 1610. The number of nitriles is 1. The van der Waals surface area contributed by atoms with Gasteiger partial charge in [-0.2, -0.15) is 10.4 Å². The summed E-state index contributed by atoms with van der Waals surface area (Å²) in [5, 5.41) is 16.8. The number of piperazine rings is 1. The summed E-state index contributed by atoms with van der Waals surface area (Å²) in [6.07, 6.45) is 6.92. The number of nitrogens with zero attached hydrogens (tertiary/aromatic N) is 8. The van der Waals surface area contributed by atoms with E-state index in [1.54, 1.807) is 30.7 Å². The largest absolute Gasteiger partial charge is 0.335 e. The van der Waals surface area contributed by atoms with E-state index in [-0.39, 0.29) is 11.8 Å². The van der Waals surface area contributed by atoms with E-state index in [9.17, 15) is 9.59 Å². The number of fused-ring (bicyclic) bond motifs is 1. The van der Waals surface area contributed by atoms with E-state index in [1.807, 2.05) is 63.2 Å². The minimum Gasteiger partial charge on any atom is -0.335 e. The van der Waals surface area contributed by atoms with E-state index >= 15 is 0 Å². The molecule has 214 valence electrons. The molecule has 2 fully saturated rings. The Morgan fingerprint density at radius 1 is 1.10 bits per heavy atom. The molecule has 4 heterocycles. The summed E-state index contributed by atoms with van der Waals surface area (Å²) in [6, 6.07) is 15.7. The molecule has 2 aromatic heterocycles. The van der Waals surface area contributed by atoms with Gasteiger partial charge in [0.1, 0.15) is 0 Å². The first-order valence-corrected chi connectivity index (χ1v) is 14.6. The highest BCUT2D eigenvalue weighted by Crippen LogP contribution is 2.23. The topological polar surface area (TPSA) is 111 Å². The molecule has 11 heteroatoms. The van der Waals surface area contributed by atoms with Crippen LogP contribution in [0.4, 0.5) is 0 Å². The van der Waals surface area contributed by atoms with Crippen LogP contribution in [0, 0.1) is 11.3 Å². The first-order valence-electron chi connectivity index (χ1n) is 13.7. The zero-order valence-electron chi connectivity index (χ0n) is 23.5. The highest BCUT2D eigenvalue weighted by Gasteiger charge is 2.37. The van der Waals surface area contributed by atoms with Crippen LogP contribution < -0.4 is 0 Å². The summed E-state index contributed by atoms with van der Waals surface area (Å²) in [5.74, 6) is 0.0475. The highest BCUT2D eigenvalue weighted by molar-refractivity contribution is 7.11. The maximum absolute atomic E-state index is 13.1. The molecule has 0 N–H and O–H groups in total. The number of aliphatic imine (C=N–C) groups is 1. The predicted molar refractivity (Wildman–Crippen MR) is 164 cm³/mol. The number of amides is 2.